The first-order valence-corrected chi connectivity index (χ1v) is 2.11. The van der Waals surface area contributed by atoms with Gasteiger partial charge in [0.15, 0.2) is 0 Å². The summed E-state index contributed by atoms with van der Waals surface area (Å²) in [4.78, 5) is 3.87. The molecule has 4 heteroatoms. The molecule has 0 atom stereocenters. The van der Waals surface area contributed by atoms with Gasteiger partial charge in [-0.15, -0.1) is 12.4 Å². The topological polar surface area (TPSA) is 30.7 Å². The summed E-state index contributed by atoms with van der Waals surface area (Å²) in [7, 11) is 1.85. The van der Waals surface area contributed by atoms with Crippen LogP contribution in [0.1, 0.15) is 5.82 Å². The lowest BCUT2D eigenvalue weighted by atomic mass is 10.8. The summed E-state index contributed by atoms with van der Waals surface area (Å²) in [6, 6.07) is 0. The lowest BCUT2D eigenvalue weighted by Gasteiger charge is -1.76. The fraction of sp³-hybridized carbons (Fsp3) is 0.500. The van der Waals surface area contributed by atoms with Gasteiger partial charge >= 0.3 is 0 Å². The summed E-state index contributed by atoms with van der Waals surface area (Å²) in [6.07, 6.45) is 1.68. The van der Waals surface area contributed by atoms with Crippen molar-refractivity contribution in [1.29, 1.82) is 0 Å². The molecule has 0 amide bonds. The highest BCUT2D eigenvalue weighted by Crippen LogP contribution is 1.79. The molecular weight excluding hydrogens is 126 g/mol. The number of halogens is 1. The maximum atomic E-state index is 3.92. The molecule has 1 heterocycles. The van der Waals surface area contributed by atoms with Gasteiger partial charge in [-0.25, -0.2) is 4.98 Å². The molecule has 0 bridgehead atoms. The monoisotopic (exact) mass is 133 g/mol. The summed E-state index contributed by atoms with van der Waals surface area (Å²) in [5.41, 5.74) is 0. The van der Waals surface area contributed by atoms with E-state index in [4.69, 9.17) is 0 Å². The Morgan fingerprint density at radius 2 is 2.25 bits per heavy atom. The Morgan fingerprint density at radius 1 is 1.62 bits per heavy atom. The van der Waals surface area contributed by atoms with Crippen LogP contribution in [0.15, 0.2) is 6.33 Å². The molecule has 3 nitrogen and oxygen atoms in total. The predicted octanol–water partition coefficient (Wildman–Crippen LogP) is 0.545. The van der Waals surface area contributed by atoms with E-state index < -0.39 is 0 Å². The number of hydrogen-bond donors (Lipinski definition) is 0. The van der Waals surface area contributed by atoms with Crippen LogP contribution < -0.4 is 0 Å². The smallest absolute Gasteiger partial charge is 0.147 e. The van der Waals surface area contributed by atoms with E-state index in [1.54, 1.807) is 11.0 Å². The average Bonchev–Trinajstić information content (AvgIpc) is 1.87. The second-order valence-corrected chi connectivity index (χ2v) is 1.47. The van der Waals surface area contributed by atoms with Gasteiger partial charge in [-0.1, -0.05) is 0 Å². The third-order valence-corrected chi connectivity index (χ3v) is 0.714. The zero-order valence-corrected chi connectivity index (χ0v) is 5.64. The average molecular weight is 134 g/mol. The molecule has 8 heavy (non-hydrogen) atoms. The van der Waals surface area contributed by atoms with E-state index in [2.05, 4.69) is 10.1 Å². The number of hydrogen-bond acceptors (Lipinski definition) is 2. The van der Waals surface area contributed by atoms with Crippen molar-refractivity contribution < 1.29 is 0 Å². The van der Waals surface area contributed by atoms with Gasteiger partial charge in [0.05, 0.1) is 0 Å². The van der Waals surface area contributed by atoms with Gasteiger partial charge in [0.1, 0.15) is 12.2 Å². The summed E-state index contributed by atoms with van der Waals surface area (Å²) >= 11 is 0. The van der Waals surface area contributed by atoms with Gasteiger partial charge in [0.2, 0.25) is 0 Å². The predicted molar refractivity (Wildman–Crippen MR) is 33.0 cm³/mol. The largest absolute Gasteiger partial charge is 0.256 e. The lowest BCUT2D eigenvalue weighted by molar-refractivity contribution is 0.756. The van der Waals surface area contributed by atoms with Gasteiger partial charge in [-0.2, -0.15) is 5.10 Å². The van der Waals surface area contributed by atoms with Crippen LogP contribution in [-0.2, 0) is 7.05 Å². The van der Waals surface area contributed by atoms with Crippen molar-refractivity contribution in [2.45, 2.75) is 6.92 Å². The van der Waals surface area contributed by atoms with Crippen LogP contribution >= 0.6 is 12.4 Å². The van der Waals surface area contributed by atoms with Crippen molar-refractivity contribution in [2.24, 2.45) is 7.05 Å². The van der Waals surface area contributed by atoms with E-state index in [0.29, 0.717) is 0 Å². The van der Waals surface area contributed by atoms with E-state index in [-0.39, 0.29) is 12.4 Å². The maximum absolute atomic E-state index is 3.92. The first kappa shape index (κ1) is 7.43. The first-order valence-electron chi connectivity index (χ1n) is 2.11. The fourth-order valence-corrected chi connectivity index (χ4v) is 0.447. The van der Waals surface area contributed by atoms with Gasteiger partial charge in [0, 0.05) is 7.05 Å². The third-order valence-electron chi connectivity index (χ3n) is 0.714. The second kappa shape index (κ2) is 2.67. The standard InChI is InChI=1S/C4H7N3.ClH/c1-4-5-3-7(2)6-4;/h3H,1-2H3;1H. The Balaban J connectivity index is 0.000000490. The van der Waals surface area contributed by atoms with Crippen LogP contribution in [0.25, 0.3) is 0 Å². The number of rotatable bonds is 0. The number of aromatic nitrogens is 3. The first-order chi connectivity index (χ1) is 3.29. The molecule has 1 aromatic rings. The highest BCUT2D eigenvalue weighted by Gasteiger charge is 1.83. The summed E-state index contributed by atoms with van der Waals surface area (Å²) in [6.45, 7) is 1.86. The quantitative estimate of drug-likeness (QED) is 0.518. The zero-order chi connectivity index (χ0) is 5.28. The van der Waals surface area contributed by atoms with E-state index in [9.17, 15) is 0 Å². The molecule has 0 aliphatic rings. The molecule has 0 aromatic carbocycles. The summed E-state index contributed by atoms with van der Waals surface area (Å²) in [5, 5.41) is 3.92. The van der Waals surface area contributed by atoms with Crippen molar-refractivity contribution in [3.8, 4) is 0 Å². The van der Waals surface area contributed by atoms with Gasteiger partial charge in [-0.05, 0) is 6.92 Å². The molecule has 1 aromatic heterocycles. The number of aryl methyl sites for hydroxylation is 2. The van der Waals surface area contributed by atoms with Crippen LogP contribution in [0.2, 0.25) is 0 Å². The molecule has 0 saturated heterocycles. The van der Waals surface area contributed by atoms with Gasteiger partial charge in [-0.3, -0.25) is 4.68 Å². The lowest BCUT2D eigenvalue weighted by Crippen LogP contribution is -1.86. The minimum atomic E-state index is 0. The molecule has 0 radical (unpaired) electrons. The molecule has 0 saturated carbocycles. The maximum Gasteiger partial charge on any atom is 0.147 e. The molecule has 46 valence electrons. The molecular formula is C4H8ClN3. The highest BCUT2D eigenvalue weighted by molar-refractivity contribution is 5.85. The van der Waals surface area contributed by atoms with Crippen molar-refractivity contribution in [3.63, 3.8) is 0 Å². The van der Waals surface area contributed by atoms with Crippen molar-refractivity contribution in [2.75, 3.05) is 0 Å². The van der Waals surface area contributed by atoms with E-state index in [0.717, 1.165) is 5.82 Å². The Bertz CT molecular complexity index is 144. The number of nitrogens with zero attached hydrogens (tertiary/aromatic N) is 3. The molecule has 0 N–H and O–H groups in total. The van der Waals surface area contributed by atoms with Crippen LogP contribution in [0.3, 0.4) is 0 Å². The normalized spacial score (nSPS) is 8.25. The third kappa shape index (κ3) is 1.50. The SMILES string of the molecule is Cc1ncn(C)n1.Cl. The molecule has 0 unspecified atom stereocenters. The summed E-state index contributed by atoms with van der Waals surface area (Å²) in [5.74, 6) is 0.822. The minimum absolute atomic E-state index is 0. The van der Waals surface area contributed by atoms with Crippen LogP contribution in [0, 0.1) is 6.92 Å². The Hall–Kier alpha value is -0.570. The Labute approximate surface area is 54.1 Å². The van der Waals surface area contributed by atoms with Crippen LogP contribution in [0.5, 0.6) is 0 Å². The summed E-state index contributed by atoms with van der Waals surface area (Å²) < 4.78 is 1.68. The van der Waals surface area contributed by atoms with E-state index >= 15 is 0 Å². The Kier molecular flexibility index (Phi) is 2.48. The zero-order valence-electron chi connectivity index (χ0n) is 4.83. The van der Waals surface area contributed by atoms with Gasteiger partial charge in [0.25, 0.3) is 0 Å². The molecule has 0 spiro atoms. The second-order valence-electron chi connectivity index (χ2n) is 1.47. The van der Waals surface area contributed by atoms with E-state index in [1.807, 2.05) is 14.0 Å². The molecule has 0 aliphatic carbocycles. The molecule has 1 rings (SSSR count). The van der Waals surface area contributed by atoms with Crippen molar-refractivity contribution in [3.05, 3.63) is 12.2 Å². The van der Waals surface area contributed by atoms with E-state index in [1.165, 1.54) is 0 Å². The van der Waals surface area contributed by atoms with Gasteiger partial charge < -0.3 is 0 Å². The van der Waals surface area contributed by atoms with Crippen LogP contribution in [-0.4, -0.2) is 14.8 Å². The Morgan fingerprint density at radius 3 is 2.38 bits per heavy atom. The van der Waals surface area contributed by atoms with Crippen LogP contribution in [0.4, 0.5) is 0 Å². The fourth-order valence-electron chi connectivity index (χ4n) is 0.447. The van der Waals surface area contributed by atoms with Crippen molar-refractivity contribution >= 4 is 12.4 Å². The highest BCUT2D eigenvalue weighted by atomic mass is 35.5. The molecule has 0 fully saturated rings. The van der Waals surface area contributed by atoms with Crippen molar-refractivity contribution in [1.82, 2.24) is 14.8 Å². The minimum Gasteiger partial charge on any atom is -0.256 e. The molecule has 0 aliphatic heterocycles.